The highest BCUT2D eigenvalue weighted by atomic mass is 16.4. The predicted octanol–water partition coefficient (Wildman–Crippen LogP) is -0.537. The number of nitrogens with zero attached hydrogens (tertiary/aromatic N) is 2. The Morgan fingerprint density at radius 1 is 1.50 bits per heavy atom. The van der Waals surface area contributed by atoms with Crippen LogP contribution in [0.4, 0.5) is 0 Å². The lowest BCUT2D eigenvalue weighted by molar-refractivity contribution is -0.132. The van der Waals surface area contributed by atoms with Crippen LogP contribution in [0.2, 0.25) is 0 Å². The minimum Gasteiger partial charge on any atom is -0.478 e. The fourth-order valence-electron chi connectivity index (χ4n) is 1.79. The summed E-state index contributed by atoms with van der Waals surface area (Å²) in [5.74, 6) is -0.929. The van der Waals surface area contributed by atoms with Crippen molar-refractivity contribution in [1.82, 2.24) is 15.1 Å². The Bertz CT molecular complexity index is 268. The topological polar surface area (TPSA) is 55.8 Å². The molecule has 1 unspecified atom stereocenters. The molecule has 1 heterocycles. The fourth-order valence-corrected chi connectivity index (χ4v) is 1.79. The quantitative estimate of drug-likeness (QED) is 0.618. The molecule has 0 aromatic heterocycles. The second-order valence-electron chi connectivity index (χ2n) is 4.44. The van der Waals surface area contributed by atoms with Gasteiger partial charge in [-0.25, -0.2) is 4.79 Å². The number of carbonyl (C=O) groups is 1. The van der Waals surface area contributed by atoms with Crippen LogP contribution in [-0.2, 0) is 4.79 Å². The van der Waals surface area contributed by atoms with E-state index in [1.54, 1.807) is 0 Å². The molecule has 1 rings (SSSR count). The van der Waals surface area contributed by atoms with E-state index in [0.29, 0.717) is 12.6 Å². The third kappa shape index (κ3) is 3.92. The van der Waals surface area contributed by atoms with Gasteiger partial charge < -0.3 is 15.3 Å². The zero-order chi connectivity index (χ0) is 12.1. The lowest BCUT2D eigenvalue weighted by atomic mass is 10.2. The lowest BCUT2D eigenvalue weighted by Gasteiger charge is -2.37. The number of carboxylic acids is 1. The molecule has 16 heavy (non-hydrogen) atoms. The smallest absolute Gasteiger partial charge is 0.332 e. The fraction of sp³-hybridized carbons (Fsp3) is 0.727. The molecule has 2 N–H and O–H groups in total. The highest BCUT2D eigenvalue weighted by Crippen LogP contribution is 2.04. The predicted molar refractivity (Wildman–Crippen MR) is 63.6 cm³/mol. The van der Waals surface area contributed by atoms with Crippen molar-refractivity contribution < 1.29 is 9.90 Å². The summed E-state index contributed by atoms with van der Waals surface area (Å²) < 4.78 is 0. The van der Waals surface area contributed by atoms with Gasteiger partial charge in [0.05, 0.1) is 0 Å². The van der Waals surface area contributed by atoms with Gasteiger partial charge in [-0.1, -0.05) is 6.58 Å². The molecule has 1 saturated heterocycles. The third-order valence-electron chi connectivity index (χ3n) is 3.00. The Morgan fingerprint density at radius 2 is 2.19 bits per heavy atom. The monoisotopic (exact) mass is 227 g/mol. The highest BCUT2D eigenvalue weighted by molar-refractivity contribution is 5.86. The summed E-state index contributed by atoms with van der Waals surface area (Å²) in [5.41, 5.74) is 0.215. The van der Waals surface area contributed by atoms with Crippen molar-refractivity contribution in [3.8, 4) is 0 Å². The molecule has 5 heteroatoms. The van der Waals surface area contributed by atoms with Gasteiger partial charge in [-0.3, -0.25) is 4.90 Å². The Kier molecular flexibility index (Phi) is 4.92. The maximum atomic E-state index is 10.5. The number of nitrogens with one attached hydrogen (secondary N) is 1. The van der Waals surface area contributed by atoms with E-state index < -0.39 is 5.97 Å². The normalized spacial score (nSPS) is 23.2. The summed E-state index contributed by atoms with van der Waals surface area (Å²) in [5, 5.41) is 11.8. The van der Waals surface area contributed by atoms with Gasteiger partial charge in [0.25, 0.3) is 0 Å². The number of hydrogen-bond acceptors (Lipinski definition) is 4. The van der Waals surface area contributed by atoms with Gasteiger partial charge in [-0.05, 0) is 14.1 Å². The van der Waals surface area contributed by atoms with Crippen molar-refractivity contribution in [2.24, 2.45) is 0 Å². The molecule has 0 spiro atoms. The van der Waals surface area contributed by atoms with Crippen LogP contribution in [0.15, 0.2) is 12.2 Å². The van der Waals surface area contributed by atoms with E-state index in [0.717, 1.165) is 26.2 Å². The number of piperazine rings is 1. The molecule has 0 bridgehead atoms. The van der Waals surface area contributed by atoms with Gasteiger partial charge in [0.2, 0.25) is 0 Å². The van der Waals surface area contributed by atoms with Gasteiger partial charge in [0, 0.05) is 44.3 Å². The first-order chi connectivity index (χ1) is 7.50. The molecule has 1 aliphatic rings. The van der Waals surface area contributed by atoms with E-state index in [1.165, 1.54) is 0 Å². The zero-order valence-electron chi connectivity index (χ0n) is 10.1. The summed E-state index contributed by atoms with van der Waals surface area (Å²) in [6, 6.07) is 0.445. The summed E-state index contributed by atoms with van der Waals surface area (Å²) in [4.78, 5) is 15.1. The second kappa shape index (κ2) is 5.98. The van der Waals surface area contributed by atoms with Crippen LogP contribution in [0.1, 0.15) is 0 Å². The zero-order valence-corrected chi connectivity index (χ0v) is 10.1. The number of aliphatic carboxylic acids is 1. The van der Waals surface area contributed by atoms with Crippen LogP contribution in [0.25, 0.3) is 0 Å². The molecular formula is C11H21N3O2. The molecule has 1 atom stereocenters. The van der Waals surface area contributed by atoms with Crippen molar-refractivity contribution in [2.75, 3.05) is 46.8 Å². The number of hydrogen-bond donors (Lipinski definition) is 2. The first kappa shape index (κ1) is 13.2. The van der Waals surface area contributed by atoms with E-state index in [2.05, 4.69) is 35.8 Å². The lowest BCUT2D eigenvalue weighted by Crippen LogP contribution is -2.53. The number of rotatable bonds is 5. The van der Waals surface area contributed by atoms with Crippen LogP contribution < -0.4 is 5.32 Å². The maximum absolute atomic E-state index is 10.5. The summed E-state index contributed by atoms with van der Waals surface area (Å²) in [7, 11) is 4.21. The second-order valence-corrected chi connectivity index (χ2v) is 4.44. The van der Waals surface area contributed by atoms with E-state index >= 15 is 0 Å². The molecule has 1 fully saturated rings. The third-order valence-corrected chi connectivity index (χ3v) is 3.00. The van der Waals surface area contributed by atoms with Gasteiger partial charge in [0.1, 0.15) is 0 Å². The van der Waals surface area contributed by atoms with Crippen LogP contribution in [-0.4, -0.2) is 73.7 Å². The van der Waals surface area contributed by atoms with Crippen molar-refractivity contribution in [2.45, 2.75) is 6.04 Å². The number of likely N-dealkylation sites (N-methyl/N-ethyl adjacent to an activating group) is 2. The summed E-state index contributed by atoms with van der Waals surface area (Å²) in [6.07, 6.45) is 0. The van der Waals surface area contributed by atoms with Crippen LogP contribution in [0.3, 0.4) is 0 Å². The van der Waals surface area contributed by atoms with Gasteiger partial charge in [-0.2, -0.15) is 0 Å². The Morgan fingerprint density at radius 3 is 2.81 bits per heavy atom. The Labute approximate surface area is 96.7 Å². The molecular weight excluding hydrogens is 206 g/mol. The van der Waals surface area contributed by atoms with Gasteiger partial charge in [0.15, 0.2) is 0 Å². The SMILES string of the molecule is C=C(CNCC1CN(C)CCN1C)C(=O)O. The molecule has 0 radical (unpaired) electrons. The molecule has 0 aromatic carbocycles. The van der Waals surface area contributed by atoms with Crippen LogP contribution in [0.5, 0.6) is 0 Å². The molecule has 5 nitrogen and oxygen atoms in total. The van der Waals surface area contributed by atoms with E-state index in [9.17, 15) is 4.79 Å². The minimum atomic E-state index is -0.929. The van der Waals surface area contributed by atoms with Crippen molar-refractivity contribution in [1.29, 1.82) is 0 Å². The Hall–Kier alpha value is -0.910. The van der Waals surface area contributed by atoms with Crippen LogP contribution >= 0.6 is 0 Å². The largest absolute Gasteiger partial charge is 0.478 e. The molecule has 0 aromatic rings. The minimum absolute atomic E-state index is 0.215. The van der Waals surface area contributed by atoms with Crippen molar-refractivity contribution >= 4 is 5.97 Å². The van der Waals surface area contributed by atoms with Gasteiger partial charge >= 0.3 is 5.97 Å². The first-order valence-electron chi connectivity index (χ1n) is 5.51. The summed E-state index contributed by atoms with van der Waals surface area (Å²) in [6.45, 7) is 7.80. The van der Waals surface area contributed by atoms with E-state index in [4.69, 9.17) is 5.11 Å². The average Bonchev–Trinajstić information content (AvgIpc) is 2.22. The van der Waals surface area contributed by atoms with Crippen molar-refractivity contribution in [3.05, 3.63) is 12.2 Å². The number of carboxylic acid groups (broad SMARTS) is 1. The molecule has 0 saturated carbocycles. The standard InChI is InChI=1S/C11H21N3O2/c1-9(11(15)16)6-12-7-10-8-13(2)4-5-14(10)3/h10,12H,1,4-8H2,2-3H3,(H,15,16). The summed E-state index contributed by atoms with van der Waals surface area (Å²) >= 11 is 0. The average molecular weight is 227 g/mol. The van der Waals surface area contributed by atoms with E-state index in [-0.39, 0.29) is 5.57 Å². The molecule has 92 valence electrons. The highest BCUT2D eigenvalue weighted by Gasteiger charge is 2.21. The molecule has 0 amide bonds. The van der Waals surface area contributed by atoms with Crippen LogP contribution in [0, 0.1) is 0 Å². The maximum Gasteiger partial charge on any atom is 0.332 e. The van der Waals surface area contributed by atoms with Gasteiger partial charge in [-0.15, -0.1) is 0 Å². The molecule has 1 aliphatic heterocycles. The van der Waals surface area contributed by atoms with Crippen molar-refractivity contribution in [3.63, 3.8) is 0 Å². The first-order valence-corrected chi connectivity index (χ1v) is 5.51. The Balaban J connectivity index is 2.26. The van der Waals surface area contributed by atoms with E-state index in [1.807, 2.05) is 0 Å². The molecule has 0 aliphatic carbocycles.